The zero-order chi connectivity index (χ0) is 24.0. The molecule has 0 unspecified atom stereocenters. The van der Waals surface area contributed by atoms with Gasteiger partial charge in [-0.1, -0.05) is 0 Å². The zero-order valence-electron chi connectivity index (χ0n) is 19.0. The van der Waals surface area contributed by atoms with Crippen LogP contribution in [-0.4, -0.2) is 57.0 Å². The number of ether oxygens (including phenoxy) is 4. The molecule has 1 aromatic heterocycles. The number of amides is 3. The fourth-order valence-corrected chi connectivity index (χ4v) is 4.69. The molecule has 2 N–H and O–H groups in total. The van der Waals surface area contributed by atoms with Crippen molar-refractivity contribution in [2.45, 2.75) is 26.8 Å². The van der Waals surface area contributed by atoms with Crippen LogP contribution >= 0.6 is 11.3 Å². The average Bonchev–Trinajstić information content (AvgIpc) is 3.16. The van der Waals surface area contributed by atoms with E-state index in [1.54, 1.807) is 36.9 Å². The Morgan fingerprint density at radius 2 is 1.82 bits per heavy atom. The highest BCUT2D eigenvalue weighted by Gasteiger charge is 2.31. The second-order valence-corrected chi connectivity index (χ2v) is 8.05. The normalized spacial score (nSPS) is 12.4. The van der Waals surface area contributed by atoms with Gasteiger partial charge in [-0.3, -0.25) is 5.32 Å². The summed E-state index contributed by atoms with van der Waals surface area (Å²) in [6.07, 6.45) is 0.0436. The number of urea groups is 1. The molecule has 0 saturated heterocycles. The maximum absolute atomic E-state index is 12.8. The Morgan fingerprint density at radius 1 is 1.06 bits per heavy atom. The fraction of sp³-hybridized carbons (Fsp3) is 0.409. The Hall–Kier alpha value is -3.47. The SMILES string of the molecule is CCOC(=O)c1c(NC(=O)Nc2ccc(OC)cc2OC)sc2c1CCN(C(=O)OCC)C2. The van der Waals surface area contributed by atoms with Gasteiger partial charge < -0.3 is 29.2 Å². The number of carbonyl (C=O) groups is 3. The first-order valence-electron chi connectivity index (χ1n) is 10.4. The molecule has 0 atom stereocenters. The predicted molar refractivity (Wildman–Crippen MR) is 124 cm³/mol. The molecule has 2 aromatic rings. The van der Waals surface area contributed by atoms with Gasteiger partial charge in [0.25, 0.3) is 0 Å². The van der Waals surface area contributed by atoms with Crippen molar-refractivity contribution < 1.29 is 33.3 Å². The number of benzene rings is 1. The average molecular weight is 478 g/mol. The van der Waals surface area contributed by atoms with Crippen LogP contribution in [0.4, 0.5) is 20.3 Å². The summed E-state index contributed by atoms with van der Waals surface area (Å²) in [6.45, 7) is 4.64. The number of nitrogens with one attached hydrogen (secondary N) is 2. The van der Waals surface area contributed by atoms with Crippen molar-refractivity contribution in [2.24, 2.45) is 0 Å². The second kappa shape index (κ2) is 10.9. The van der Waals surface area contributed by atoms with Gasteiger partial charge in [-0.05, 0) is 38.0 Å². The number of hydrogen-bond donors (Lipinski definition) is 2. The summed E-state index contributed by atoms with van der Waals surface area (Å²) >= 11 is 1.24. The Morgan fingerprint density at radius 3 is 2.48 bits per heavy atom. The smallest absolute Gasteiger partial charge is 0.410 e. The number of rotatable bonds is 7. The molecule has 3 rings (SSSR count). The number of thiophene rings is 1. The number of fused-ring (bicyclic) bond motifs is 1. The lowest BCUT2D eigenvalue weighted by Gasteiger charge is -2.26. The fourth-order valence-electron chi connectivity index (χ4n) is 3.44. The van der Waals surface area contributed by atoms with Crippen molar-refractivity contribution in [3.8, 4) is 11.5 Å². The van der Waals surface area contributed by atoms with Gasteiger partial charge >= 0.3 is 18.1 Å². The Kier molecular flexibility index (Phi) is 7.99. The molecule has 1 aliphatic heterocycles. The van der Waals surface area contributed by atoms with Crippen LogP contribution in [0.2, 0.25) is 0 Å². The van der Waals surface area contributed by atoms with E-state index in [0.29, 0.717) is 47.3 Å². The van der Waals surface area contributed by atoms with Gasteiger partial charge in [0.15, 0.2) is 0 Å². The van der Waals surface area contributed by atoms with Gasteiger partial charge in [0.1, 0.15) is 16.5 Å². The van der Waals surface area contributed by atoms with Gasteiger partial charge in [0.05, 0.1) is 45.2 Å². The third kappa shape index (κ3) is 5.48. The first kappa shape index (κ1) is 24.2. The lowest BCUT2D eigenvalue weighted by atomic mass is 10.0. The van der Waals surface area contributed by atoms with E-state index in [1.807, 2.05) is 0 Å². The lowest BCUT2D eigenvalue weighted by molar-refractivity contribution is 0.0526. The Balaban J connectivity index is 1.84. The zero-order valence-corrected chi connectivity index (χ0v) is 19.8. The van der Waals surface area contributed by atoms with E-state index in [2.05, 4.69) is 10.6 Å². The third-order valence-electron chi connectivity index (χ3n) is 4.95. The monoisotopic (exact) mass is 477 g/mol. The standard InChI is InChI=1S/C22H27N3O7S/c1-5-31-20(26)18-14-9-10-25(22(28)32-6-2)12-17(14)33-19(18)24-21(27)23-15-8-7-13(29-3)11-16(15)30-4/h7-8,11H,5-6,9-10,12H2,1-4H3,(H2,23,24,27). The molecule has 178 valence electrons. The Labute approximate surface area is 195 Å². The maximum Gasteiger partial charge on any atom is 0.410 e. The predicted octanol–water partition coefficient (Wildman–Crippen LogP) is 4.10. The molecular weight excluding hydrogens is 450 g/mol. The van der Waals surface area contributed by atoms with E-state index in [4.69, 9.17) is 18.9 Å². The molecule has 1 aromatic carbocycles. The topological polar surface area (TPSA) is 115 Å². The van der Waals surface area contributed by atoms with Crippen LogP contribution in [0.5, 0.6) is 11.5 Å². The van der Waals surface area contributed by atoms with Gasteiger partial charge in [-0.25, -0.2) is 14.4 Å². The molecule has 2 heterocycles. The molecule has 11 heteroatoms. The minimum Gasteiger partial charge on any atom is -0.497 e. The lowest BCUT2D eigenvalue weighted by Crippen LogP contribution is -2.36. The van der Waals surface area contributed by atoms with E-state index in [1.165, 1.54) is 25.6 Å². The summed E-state index contributed by atoms with van der Waals surface area (Å²) in [6, 6.07) is 4.44. The molecule has 33 heavy (non-hydrogen) atoms. The number of esters is 1. The van der Waals surface area contributed by atoms with Crippen LogP contribution in [-0.2, 0) is 22.4 Å². The van der Waals surface area contributed by atoms with Crippen LogP contribution in [0.1, 0.15) is 34.6 Å². The van der Waals surface area contributed by atoms with E-state index < -0.39 is 18.1 Å². The second-order valence-electron chi connectivity index (χ2n) is 6.94. The highest BCUT2D eigenvalue weighted by atomic mass is 32.1. The number of anilines is 2. The summed E-state index contributed by atoms with van der Waals surface area (Å²) in [5.74, 6) is 0.488. The molecule has 0 saturated carbocycles. The van der Waals surface area contributed by atoms with Crippen LogP contribution in [0.15, 0.2) is 18.2 Å². The number of nitrogens with zero attached hydrogens (tertiary/aromatic N) is 1. The number of hydrogen-bond acceptors (Lipinski definition) is 8. The highest BCUT2D eigenvalue weighted by molar-refractivity contribution is 7.17. The first-order valence-corrected chi connectivity index (χ1v) is 11.3. The Bertz CT molecular complexity index is 1040. The maximum atomic E-state index is 12.8. The van der Waals surface area contributed by atoms with Crippen molar-refractivity contribution in [3.63, 3.8) is 0 Å². The van der Waals surface area contributed by atoms with Crippen molar-refractivity contribution in [3.05, 3.63) is 34.2 Å². The van der Waals surface area contributed by atoms with Gasteiger partial charge in [-0.15, -0.1) is 11.3 Å². The third-order valence-corrected chi connectivity index (χ3v) is 6.08. The van der Waals surface area contributed by atoms with Crippen molar-refractivity contribution in [1.82, 2.24) is 4.90 Å². The molecule has 1 aliphatic rings. The molecule has 3 amide bonds. The molecule has 0 bridgehead atoms. The van der Waals surface area contributed by atoms with Crippen LogP contribution < -0.4 is 20.1 Å². The number of methoxy groups -OCH3 is 2. The van der Waals surface area contributed by atoms with Crippen molar-refractivity contribution in [1.29, 1.82) is 0 Å². The summed E-state index contributed by atoms with van der Waals surface area (Å²) in [5.41, 5.74) is 1.52. The molecule has 0 fully saturated rings. The molecular formula is C22H27N3O7S. The largest absolute Gasteiger partial charge is 0.497 e. The van der Waals surface area contributed by atoms with E-state index in [-0.39, 0.29) is 13.2 Å². The van der Waals surface area contributed by atoms with Crippen LogP contribution in [0.3, 0.4) is 0 Å². The molecule has 10 nitrogen and oxygen atoms in total. The summed E-state index contributed by atoms with van der Waals surface area (Å²) in [7, 11) is 3.02. The highest BCUT2D eigenvalue weighted by Crippen LogP contribution is 2.38. The quantitative estimate of drug-likeness (QED) is 0.577. The first-order chi connectivity index (χ1) is 15.9. The van der Waals surface area contributed by atoms with Gasteiger partial charge in [0, 0.05) is 17.5 Å². The summed E-state index contributed by atoms with van der Waals surface area (Å²) in [5, 5.41) is 5.83. The molecule has 0 radical (unpaired) electrons. The van der Waals surface area contributed by atoms with Crippen molar-refractivity contribution >= 4 is 40.1 Å². The van der Waals surface area contributed by atoms with Crippen molar-refractivity contribution in [2.75, 3.05) is 44.6 Å². The minimum atomic E-state index is -0.551. The van der Waals surface area contributed by atoms with E-state index in [9.17, 15) is 14.4 Å². The van der Waals surface area contributed by atoms with Gasteiger partial charge in [-0.2, -0.15) is 0 Å². The van der Waals surface area contributed by atoms with Crippen LogP contribution in [0.25, 0.3) is 0 Å². The van der Waals surface area contributed by atoms with Gasteiger partial charge in [0.2, 0.25) is 0 Å². The van der Waals surface area contributed by atoms with Crippen LogP contribution in [0, 0.1) is 0 Å². The summed E-state index contributed by atoms with van der Waals surface area (Å²) < 4.78 is 20.8. The number of carbonyl (C=O) groups excluding carboxylic acids is 3. The minimum absolute atomic E-state index is 0.201. The molecule has 0 aliphatic carbocycles. The van der Waals surface area contributed by atoms with E-state index >= 15 is 0 Å². The van der Waals surface area contributed by atoms with E-state index in [0.717, 1.165) is 10.4 Å². The summed E-state index contributed by atoms with van der Waals surface area (Å²) in [4.78, 5) is 40.0. The molecule has 0 spiro atoms.